The molecule has 2 aliphatic heterocycles. The van der Waals surface area contributed by atoms with E-state index in [9.17, 15) is 24.3 Å². The van der Waals surface area contributed by atoms with Gasteiger partial charge in [0.15, 0.2) is 0 Å². The molecule has 2 aliphatic rings. The van der Waals surface area contributed by atoms with Crippen LogP contribution in [0.5, 0.6) is 0 Å². The average molecular weight is 411 g/mol. The Bertz CT molecular complexity index is 855. The summed E-state index contributed by atoms with van der Waals surface area (Å²) in [5, 5.41) is 18.9. The van der Waals surface area contributed by atoms with Crippen LogP contribution in [0.2, 0.25) is 0 Å². The minimum Gasteiger partial charge on any atom is -0.477 e. The standard InChI is InChI=1S/C15H17N5O7S/c1-8(21)27-6-9-7-28-14-15(26-2,13(25)20(14)11(9)12(23)24)18-10(22)5-19-16-3-4-17-19/h3-4,14H,5-7H2,1-2H3,(H,18,22)(H,23,24)/t14-,15?/m0/s1. The predicted octanol–water partition coefficient (Wildman–Crippen LogP) is -1.45. The fourth-order valence-electron chi connectivity index (χ4n) is 2.94. The van der Waals surface area contributed by atoms with Crippen molar-refractivity contribution in [2.45, 2.75) is 24.6 Å². The number of nitrogens with one attached hydrogen (secondary N) is 1. The van der Waals surface area contributed by atoms with Crippen LogP contribution in [0.15, 0.2) is 23.7 Å². The molecule has 28 heavy (non-hydrogen) atoms. The second-order valence-corrected chi connectivity index (χ2v) is 6.99. The van der Waals surface area contributed by atoms with E-state index in [2.05, 4.69) is 15.5 Å². The van der Waals surface area contributed by atoms with E-state index in [0.717, 1.165) is 9.70 Å². The molecule has 0 radical (unpaired) electrons. The van der Waals surface area contributed by atoms with Crippen LogP contribution in [-0.4, -0.2) is 79.3 Å². The summed E-state index contributed by atoms with van der Waals surface area (Å²) in [5.41, 5.74) is -1.69. The maximum absolute atomic E-state index is 12.8. The highest BCUT2D eigenvalue weighted by Gasteiger charge is 2.66. The van der Waals surface area contributed by atoms with Crippen molar-refractivity contribution in [1.82, 2.24) is 25.2 Å². The van der Waals surface area contributed by atoms with Gasteiger partial charge in [-0.2, -0.15) is 15.0 Å². The van der Waals surface area contributed by atoms with Crippen LogP contribution in [0.1, 0.15) is 6.92 Å². The number of aliphatic carboxylic acids is 1. The third kappa shape index (κ3) is 3.33. The van der Waals surface area contributed by atoms with Crippen molar-refractivity contribution in [3.63, 3.8) is 0 Å². The van der Waals surface area contributed by atoms with Gasteiger partial charge in [-0.3, -0.25) is 19.3 Å². The molecule has 2 atom stereocenters. The lowest BCUT2D eigenvalue weighted by molar-refractivity contribution is -0.192. The van der Waals surface area contributed by atoms with Gasteiger partial charge in [0.25, 0.3) is 11.6 Å². The third-order valence-corrected chi connectivity index (χ3v) is 5.53. The highest BCUT2D eigenvalue weighted by Crippen LogP contribution is 2.46. The number of fused-ring (bicyclic) bond motifs is 1. The molecule has 3 rings (SSSR count). The van der Waals surface area contributed by atoms with Crippen LogP contribution >= 0.6 is 11.8 Å². The molecule has 13 heteroatoms. The van der Waals surface area contributed by atoms with E-state index in [1.165, 1.54) is 38.2 Å². The number of β-lactam (4-membered cyclic amide) rings is 1. The van der Waals surface area contributed by atoms with Gasteiger partial charge in [0, 0.05) is 25.4 Å². The Labute approximate surface area is 162 Å². The number of carboxylic acid groups (broad SMARTS) is 1. The SMILES string of the molecule is COC1(NC(=O)Cn2nccn2)C(=O)N2C(C(=O)O)=C(COC(C)=O)CS[C@H]21. The molecule has 12 nitrogen and oxygen atoms in total. The maximum Gasteiger partial charge on any atom is 0.352 e. The molecule has 1 aromatic heterocycles. The van der Waals surface area contributed by atoms with Crippen LogP contribution in [0, 0.1) is 0 Å². The van der Waals surface area contributed by atoms with E-state index in [1.807, 2.05) is 0 Å². The molecular weight excluding hydrogens is 394 g/mol. The number of hydrogen-bond acceptors (Lipinski definition) is 9. The lowest BCUT2D eigenvalue weighted by Gasteiger charge is -2.55. The van der Waals surface area contributed by atoms with Crippen LogP contribution in [0.3, 0.4) is 0 Å². The quantitative estimate of drug-likeness (QED) is 0.310. The van der Waals surface area contributed by atoms with Gasteiger partial charge in [-0.1, -0.05) is 0 Å². The van der Waals surface area contributed by atoms with Gasteiger partial charge in [0.1, 0.15) is 24.2 Å². The highest BCUT2D eigenvalue weighted by molar-refractivity contribution is 8.00. The van der Waals surface area contributed by atoms with Gasteiger partial charge in [-0.05, 0) is 0 Å². The van der Waals surface area contributed by atoms with Crippen molar-refractivity contribution in [3.8, 4) is 0 Å². The largest absolute Gasteiger partial charge is 0.477 e. The maximum atomic E-state index is 12.8. The van der Waals surface area contributed by atoms with Crippen molar-refractivity contribution in [3.05, 3.63) is 23.7 Å². The Morgan fingerprint density at radius 2 is 2.07 bits per heavy atom. The van der Waals surface area contributed by atoms with Crippen LogP contribution in [0.4, 0.5) is 0 Å². The zero-order valence-corrected chi connectivity index (χ0v) is 15.8. The number of carboxylic acids is 1. The summed E-state index contributed by atoms with van der Waals surface area (Å²) in [4.78, 5) is 50.0. The van der Waals surface area contributed by atoms with Gasteiger partial charge >= 0.3 is 11.9 Å². The smallest absolute Gasteiger partial charge is 0.352 e. The molecule has 1 fully saturated rings. The van der Waals surface area contributed by atoms with Crippen molar-refractivity contribution in [2.75, 3.05) is 19.5 Å². The summed E-state index contributed by atoms with van der Waals surface area (Å²) in [6, 6.07) is 0. The monoisotopic (exact) mass is 411 g/mol. The Morgan fingerprint density at radius 1 is 1.39 bits per heavy atom. The zero-order valence-electron chi connectivity index (χ0n) is 14.9. The van der Waals surface area contributed by atoms with Gasteiger partial charge in [-0.25, -0.2) is 4.79 Å². The van der Waals surface area contributed by atoms with Crippen molar-refractivity contribution in [1.29, 1.82) is 0 Å². The Balaban J connectivity index is 1.81. The number of rotatable bonds is 7. The molecular formula is C15H17N5O7S. The minimum absolute atomic E-state index is 0.186. The van der Waals surface area contributed by atoms with E-state index < -0.39 is 34.9 Å². The number of hydrogen-bond donors (Lipinski definition) is 2. The second kappa shape index (κ2) is 7.59. The summed E-state index contributed by atoms with van der Waals surface area (Å²) < 4.78 is 10.2. The molecule has 3 heterocycles. The lowest BCUT2D eigenvalue weighted by Crippen LogP contribution is -2.80. The topological polar surface area (TPSA) is 153 Å². The van der Waals surface area contributed by atoms with Crippen LogP contribution in [0.25, 0.3) is 0 Å². The molecule has 2 amide bonds. The normalized spacial score (nSPS) is 23.7. The number of thioether (sulfide) groups is 1. The number of carbonyl (C=O) groups excluding carboxylic acids is 3. The number of carbonyl (C=O) groups is 4. The molecule has 1 aromatic rings. The highest BCUT2D eigenvalue weighted by atomic mass is 32.2. The molecule has 1 unspecified atom stereocenters. The molecule has 1 saturated heterocycles. The minimum atomic E-state index is -1.71. The fraction of sp³-hybridized carbons (Fsp3) is 0.467. The summed E-state index contributed by atoms with van der Waals surface area (Å²) >= 11 is 1.19. The van der Waals surface area contributed by atoms with Crippen molar-refractivity contribution >= 4 is 35.5 Å². The van der Waals surface area contributed by atoms with E-state index in [0.29, 0.717) is 0 Å². The van der Waals surface area contributed by atoms with Gasteiger partial charge < -0.3 is 19.9 Å². The molecule has 0 saturated carbocycles. The molecule has 0 spiro atoms. The molecule has 150 valence electrons. The number of ether oxygens (including phenoxy) is 2. The Hall–Kier alpha value is -2.93. The Morgan fingerprint density at radius 3 is 2.64 bits per heavy atom. The number of amides is 2. The van der Waals surface area contributed by atoms with Gasteiger partial charge in [-0.15, -0.1) is 11.8 Å². The van der Waals surface area contributed by atoms with E-state index in [4.69, 9.17) is 9.47 Å². The number of nitrogens with zero attached hydrogens (tertiary/aromatic N) is 4. The Kier molecular flexibility index (Phi) is 5.38. The second-order valence-electron chi connectivity index (χ2n) is 5.92. The molecule has 0 bridgehead atoms. The molecule has 0 aromatic carbocycles. The number of aromatic nitrogens is 3. The first kappa shape index (κ1) is 19.8. The molecule has 2 N–H and O–H groups in total. The first-order chi connectivity index (χ1) is 13.3. The van der Waals surface area contributed by atoms with Gasteiger partial charge in [0.05, 0.1) is 12.4 Å². The summed E-state index contributed by atoms with van der Waals surface area (Å²) in [6.07, 6.45) is 2.81. The first-order valence-corrected chi connectivity index (χ1v) is 9.09. The van der Waals surface area contributed by atoms with E-state index in [1.54, 1.807) is 0 Å². The predicted molar refractivity (Wildman–Crippen MR) is 92.3 cm³/mol. The summed E-state index contributed by atoms with van der Waals surface area (Å²) in [6.45, 7) is 0.731. The number of esters is 1. The molecule has 0 aliphatic carbocycles. The number of methoxy groups -OCH3 is 1. The average Bonchev–Trinajstić information content (AvgIpc) is 3.15. The third-order valence-electron chi connectivity index (χ3n) is 4.16. The van der Waals surface area contributed by atoms with Crippen LogP contribution in [-0.2, 0) is 35.2 Å². The van der Waals surface area contributed by atoms with Gasteiger partial charge in [0.2, 0.25) is 5.91 Å². The van der Waals surface area contributed by atoms with Crippen molar-refractivity contribution in [2.24, 2.45) is 0 Å². The van der Waals surface area contributed by atoms with E-state index >= 15 is 0 Å². The van der Waals surface area contributed by atoms with Crippen molar-refractivity contribution < 1.29 is 33.8 Å². The first-order valence-electron chi connectivity index (χ1n) is 8.04. The summed E-state index contributed by atoms with van der Waals surface area (Å²) in [7, 11) is 1.25. The fourth-order valence-corrected chi connectivity index (χ4v) is 4.36. The van der Waals surface area contributed by atoms with Crippen LogP contribution < -0.4 is 5.32 Å². The lowest BCUT2D eigenvalue weighted by atomic mass is 9.98. The van der Waals surface area contributed by atoms with E-state index in [-0.39, 0.29) is 30.2 Å². The zero-order chi connectivity index (χ0) is 20.5. The summed E-state index contributed by atoms with van der Waals surface area (Å²) in [5.74, 6) is -3.02.